The van der Waals surface area contributed by atoms with Crippen LogP contribution in [0.2, 0.25) is 0 Å². The van der Waals surface area contributed by atoms with Crippen LogP contribution < -0.4 is 5.32 Å². The molecule has 114 valence electrons. The second-order valence-corrected chi connectivity index (χ2v) is 6.85. The summed E-state index contributed by atoms with van der Waals surface area (Å²) < 4.78 is 0. The van der Waals surface area contributed by atoms with Gasteiger partial charge in [0.1, 0.15) is 0 Å². The number of aliphatic hydroxyl groups excluding tert-OH is 1. The standard InChI is InChI=1S/C16H34N2O/c1-6-15-9-8-14(4)18(15)11-7-10-16(5,12-19)17-13(2)3/h13-15,17,19H,6-12H2,1-5H3. The molecule has 1 saturated heterocycles. The lowest BCUT2D eigenvalue weighted by Crippen LogP contribution is -2.49. The van der Waals surface area contributed by atoms with Gasteiger partial charge in [-0.3, -0.25) is 4.90 Å². The van der Waals surface area contributed by atoms with E-state index < -0.39 is 0 Å². The Bertz CT molecular complexity index is 257. The average Bonchev–Trinajstić information content (AvgIpc) is 2.70. The molecule has 0 radical (unpaired) electrons. The number of likely N-dealkylation sites (tertiary alicyclic amines) is 1. The van der Waals surface area contributed by atoms with Gasteiger partial charge in [-0.25, -0.2) is 0 Å². The van der Waals surface area contributed by atoms with Gasteiger partial charge in [0.2, 0.25) is 0 Å². The SMILES string of the molecule is CCC1CCC(C)N1CCCC(C)(CO)NC(C)C. The fraction of sp³-hybridized carbons (Fsp3) is 1.00. The first kappa shape index (κ1) is 16.9. The molecule has 2 N–H and O–H groups in total. The van der Waals surface area contributed by atoms with Crippen LogP contribution in [0.3, 0.4) is 0 Å². The van der Waals surface area contributed by atoms with Crippen molar-refractivity contribution in [2.45, 2.75) is 90.4 Å². The van der Waals surface area contributed by atoms with Crippen molar-refractivity contribution >= 4 is 0 Å². The molecule has 3 heteroatoms. The quantitative estimate of drug-likeness (QED) is 0.712. The Balaban J connectivity index is 2.39. The Labute approximate surface area is 119 Å². The Kier molecular flexibility index (Phi) is 6.78. The number of rotatable bonds is 8. The van der Waals surface area contributed by atoms with Crippen LogP contribution >= 0.6 is 0 Å². The molecule has 0 aromatic rings. The molecule has 1 aliphatic rings. The number of aliphatic hydroxyl groups is 1. The summed E-state index contributed by atoms with van der Waals surface area (Å²) in [5.74, 6) is 0. The van der Waals surface area contributed by atoms with Crippen molar-refractivity contribution in [1.82, 2.24) is 10.2 Å². The van der Waals surface area contributed by atoms with Crippen LogP contribution in [-0.4, -0.2) is 46.8 Å². The largest absolute Gasteiger partial charge is 0.394 e. The predicted molar refractivity (Wildman–Crippen MR) is 82.5 cm³/mol. The van der Waals surface area contributed by atoms with Gasteiger partial charge in [0.05, 0.1) is 6.61 Å². The number of hydrogen-bond acceptors (Lipinski definition) is 3. The summed E-state index contributed by atoms with van der Waals surface area (Å²) in [7, 11) is 0. The number of hydrogen-bond donors (Lipinski definition) is 2. The molecule has 0 aromatic carbocycles. The molecule has 0 saturated carbocycles. The van der Waals surface area contributed by atoms with E-state index in [1.54, 1.807) is 0 Å². The Morgan fingerprint density at radius 2 is 2.05 bits per heavy atom. The number of nitrogens with one attached hydrogen (secondary N) is 1. The van der Waals surface area contributed by atoms with Crippen LogP contribution in [0, 0.1) is 0 Å². The average molecular weight is 270 g/mol. The second-order valence-electron chi connectivity index (χ2n) is 6.85. The minimum Gasteiger partial charge on any atom is -0.394 e. The molecule has 0 bridgehead atoms. The molecule has 3 nitrogen and oxygen atoms in total. The molecular weight excluding hydrogens is 236 g/mol. The zero-order valence-electron chi connectivity index (χ0n) is 13.6. The van der Waals surface area contributed by atoms with E-state index >= 15 is 0 Å². The molecular formula is C16H34N2O. The van der Waals surface area contributed by atoms with Gasteiger partial charge in [0.15, 0.2) is 0 Å². The van der Waals surface area contributed by atoms with E-state index in [2.05, 4.69) is 44.8 Å². The first-order valence-corrected chi connectivity index (χ1v) is 8.06. The summed E-state index contributed by atoms with van der Waals surface area (Å²) in [6.45, 7) is 12.5. The maximum absolute atomic E-state index is 9.60. The highest BCUT2D eigenvalue weighted by molar-refractivity contribution is 4.87. The highest BCUT2D eigenvalue weighted by Gasteiger charge is 2.30. The second kappa shape index (κ2) is 7.61. The Morgan fingerprint density at radius 3 is 2.58 bits per heavy atom. The highest BCUT2D eigenvalue weighted by Crippen LogP contribution is 2.26. The molecule has 0 spiro atoms. The minimum atomic E-state index is -0.126. The molecule has 0 amide bonds. The van der Waals surface area contributed by atoms with Crippen molar-refractivity contribution < 1.29 is 5.11 Å². The van der Waals surface area contributed by atoms with Gasteiger partial charge in [0, 0.05) is 23.7 Å². The summed E-state index contributed by atoms with van der Waals surface area (Å²) in [5, 5.41) is 13.1. The van der Waals surface area contributed by atoms with Crippen molar-refractivity contribution in [2.75, 3.05) is 13.2 Å². The van der Waals surface area contributed by atoms with E-state index in [0.29, 0.717) is 6.04 Å². The van der Waals surface area contributed by atoms with Gasteiger partial charge in [-0.2, -0.15) is 0 Å². The van der Waals surface area contributed by atoms with Crippen molar-refractivity contribution in [1.29, 1.82) is 0 Å². The summed E-state index contributed by atoms with van der Waals surface area (Å²) in [5.41, 5.74) is -0.126. The predicted octanol–water partition coefficient (Wildman–Crippen LogP) is 2.78. The van der Waals surface area contributed by atoms with E-state index in [1.807, 2.05) is 0 Å². The van der Waals surface area contributed by atoms with E-state index in [9.17, 15) is 5.11 Å². The zero-order chi connectivity index (χ0) is 14.5. The molecule has 0 aromatic heterocycles. The summed E-state index contributed by atoms with van der Waals surface area (Å²) in [6.07, 6.45) is 6.18. The first-order chi connectivity index (χ1) is 8.91. The van der Waals surface area contributed by atoms with Crippen LogP contribution in [0.25, 0.3) is 0 Å². The minimum absolute atomic E-state index is 0.126. The van der Waals surface area contributed by atoms with E-state index in [0.717, 1.165) is 24.9 Å². The smallest absolute Gasteiger partial charge is 0.0610 e. The lowest BCUT2D eigenvalue weighted by atomic mass is 9.95. The first-order valence-electron chi connectivity index (χ1n) is 8.06. The zero-order valence-corrected chi connectivity index (χ0v) is 13.6. The third-order valence-electron chi connectivity index (χ3n) is 4.56. The van der Waals surface area contributed by atoms with Gasteiger partial charge in [-0.05, 0) is 52.5 Å². The molecule has 19 heavy (non-hydrogen) atoms. The van der Waals surface area contributed by atoms with Crippen molar-refractivity contribution in [3.8, 4) is 0 Å². The lowest BCUT2D eigenvalue weighted by Gasteiger charge is -2.33. The maximum Gasteiger partial charge on any atom is 0.0610 e. The molecule has 3 unspecified atom stereocenters. The fourth-order valence-corrected chi connectivity index (χ4v) is 3.51. The van der Waals surface area contributed by atoms with Crippen LogP contribution in [0.4, 0.5) is 0 Å². The number of nitrogens with zero attached hydrogens (tertiary/aromatic N) is 1. The summed E-state index contributed by atoms with van der Waals surface area (Å²) in [6, 6.07) is 1.95. The molecule has 1 rings (SSSR count). The van der Waals surface area contributed by atoms with E-state index in [-0.39, 0.29) is 12.1 Å². The van der Waals surface area contributed by atoms with E-state index in [4.69, 9.17) is 0 Å². The normalized spacial score (nSPS) is 27.9. The molecule has 0 aliphatic carbocycles. The van der Waals surface area contributed by atoms with Crippen molar-refractivity contribution in [3.63, 3.8) is 0 Å². The van der Waals surface area contributed by atoms with Gasteiger partial charge >= 0.3 is 0 Å². The topological polar surface area (TPSA) is 35.5 Å². The van der Waals surface area contributed by atoms with Crippen LogP contribution in [0.5, 0.6) is 0 Å². The Morgan fingerprint density at radius 1 is 1.37 bits per heavy atom. The Hall–Kier alpha value is -0.120. The van der Waals surface area contributed by atoms with Gasteiger partial charge in [-0.15, -0.1) is 0 Å². The molecule has 3 atom stereocenters. The third kappa shape index (κ3) is 5.05. The fourth-order valence-electron chi connectivity index (χ4n) is 3.51. The van der Waals surface area contributed by atoms with Gasteiger partial charge < -0.3 is 10.4 Å². The van der Waals surface area contributed by atoms with Crippen LogP contribution in [-0.2, 0) is 0 Å². The summed E-state index contributed by atoms with van der Waals surface area (Å²) in [4.78, 5) is 2.67. The van der Waals surface area contributed by atoms with Gasteiger partial charge in [0.25, 0.3) is 0 Å². The third-order valence-corrected chi connectivity index (χ3v) is 4.56. The van der Waals surface area contributed by atoms with Crippen LogP contribution in [0.1, 0.15) is 66.7 Å². The van der Waals surface area contributed by atoms with Gasteiger partial charge in [-0.1, -0.05) is 20.8 Å². The highest BCUT2D eigenvalue weighted by atomic mass is 16.3. The lowest BCUT2D eigenvalue weighted by molar-refractivity contribution is 0.139. The molecule has 1 fully saturated rings. The summed E-state index contributed by atoms with van der Waals surface area (Å²) >= 11 is 0. The maximum atomic E-state index is 9.60. The molecule has 1 heterocycles. The van der Waals surface area contributed by atoms with Crippen molar-refractivity contribution in [3.05, 3.63) is 0 Å². The van der Waals surface area contributed by atoms with Crippen molar-refractivity contribution in [2.24, 2.45) is 0 Å². The monoisotopic (exact) mass is 270 g/mol. The molecule has 1 aliphatic heterocycles. The van der Waals surface area contributed by atoms with Crippen LogP contribution in [0.15, 0.2) is 0 Å². The van der Waals surface area contributed by atoms with E-state index in [1.165, 1.54) is 25.8 Å².